The number of pyridine rings is 1. The second kappa shape index (κ2) is 13.0. The van der Waals surface area contributed by atoms with Gasteiger partial charge in [-0.15, -0.1) is 11.8 Å². The van der Waals surface area contributed by atoms with Gasteiger partial charge in [-0.3, -0.25) is 9.78 Å². The van der Waals surface area contributed by atoms with Crippen molar-refractivity contribution in [3.8, 4) is 5.75 Å². The number of piperidine rings is 1. The molecule has 1 aliphatic rings. The van der Waals surface area contributed by atoms with Crippen molar-refractivity contribution in [3.63, 3.8) is 0 Å². The average molecular weight is 563 g/mol. The smallest absolute Gasteiger partial charge is 0.416 e. The molecule has 0 radical (unpaired) electrons. The first kappa shape index (κ1) is 29.2. The maximum Gasteiger partial charge on any atom is 0.416 e. The number of ether oxygens (including phenoxy) is 1. The summed E-state index contributed by atoms with van der Waals surface area (Å²) in [5, 5.41) is 21.7. The highest BCUT2D eigenvalue weighted by Crippen LogP contribution is 2.34. The molecule has 1 aromatic heterocycles. The monoisotopic (exact) mass is 562 g/mol. The Hall–Kier alpha value is -2.82. The molecule has 0 amide bonds. The number of aliphatic hydroxyl groups excluding tert-OH is 1. The third kappa shape index (κ3) is 7.64. The maximum atomic E-state index is 12.7. The Bertz CT molecular complexity index is 1260. The Morgan fingerprint density at radius 3 is 2.67 bits per heavy atom. The number of benzene rings is 2. The molecule has 1 fully saturated rings. The van der Waals surface area contributed by atoms with Gasteiger partial charge in [0, 0.05) is 23.0 Å². The summed E-state index contributed by atoms with van der Waals surface area (Å²) < 4.78 is 43.5. The van der Waals surface area contributed by atoms with Crippen LogP contribution in [0.25, 0.3) is 10.9 Å². The first-order valence-corrected chi connectivity index (χ1v) is 14.0. The van der Waals surface area contributed by atoms with Crippen LogP contribution in [0, 0.1) is 11.8 Å². The van der Waals surface area contributed by atoms with E-state index in [0.29, 0.717) is 25.1 Å². The molecule has 6 nitrogen and oxygen atoms in total. The van der Waals surface area contributed by atoms with E-state index in [-0.39, 0.29) is 5.92 Å². The van der Waals surface area contributed by atoms with Gasteiger partial charge in [0.2, 0.25) is 0 Å². The third-order valence-electron chi connectivity index (χ3n) is 7.38. The Morgan fingerprint density at radius 1 is 1.21 bits per heavy atom. The standard InChI is InChI=1S/C29H33F3N2O4S/c1-38-21-6-9-26-24(17-21)23(11-13-33-26)27(35)10-3-19-12-15-34(18-25(19)28(36)37)14-2-16-39-22-7-4-20(5-8-22)29(30,31)32/h4-9,11,13,17,19,25,27,35H,2-3,10,12,14-16,18H2,1H3,(H,36,37)/t19-,25+,27+/m1/s1. The van der Waals surface area contributed by atoms with Crippen LogP contribution in [0.15, 0.2) is 59.6 Å². The molecule has 0 saturated carbocycles. The second-order valence-electron chi connectivity index (χ2n) is 9.89. The Kier molecular flexibility index (Phi) is 9.74. The van der Waals surface area contributed by atoms with Gasteiger partial charge < -0.3 is 19.8 Å². The number of aliphatic carboxylic acids is 1. The van der Waals surface area contributed by atoms with Gasteiger partial charge in [-0.2, -0.15) is 13.2 Å². The summed E-state index contributed by atoms with van der Waals surface area (Å²) in [5.74, 6) is 0.0534. The number of carbonyl (C=O) groups is 1. The van der Waals surface area contributed by atoms with Crippen LogP contribution in [0.3, 0.4) is 0 Å². The number of likely N-dealkylation sites (tertiary alicyclic amines) is 1. The predicted molar refractivity (Wildman–Crippen MR) is 145 cm³/mol. The largest absolute Gasteiger partial charge is 0.497 e. The zero-order valence-corrected chi connectivity index (χ0v) is 22.5. The summed E-state index contributed by atoms with van der Waals surface area (Å²) in [6.07, 6.45) is -0.812. The van der Waals surface area contributed by atoms with Crippen LogP contribution in [0.2, 0.25) is 0 Å². The Balaban J connectivity index is 1.26. The molecular formula is C29H33F3N2O4S. The number of hydrogen-bond acceptors (Lipinski definition) is 6. The van der Waals surface area contributed by atoms with Crippen molar-refractivity contribution in [1.29, 1.82) is 0 Å². The van der Waals surface area contributed by atoms with Crippen molar-refractivity contribution in [1.82, 2.24) is 9.88 Å². The summed E-state index contributed by atoms with van der Waals surface area (Å²) >= 11 is 1.50. The quantitative estimate of drug-likeness (QED) is 0.210. The summed E-state index contributed by atoms with van der Waals surface area (Å²) in [6.45, 7) is 1.97. The number of thioether (sulfide) groups is 1. The lowest BCUT2D eigenvalue weighted by Crippen LogP contribution is -2.44. The van der Waals surface area contributed by atoms with Crippen molar-refractivity contribution in [3.05, 3.63) is 65.9 Å². The number of alkyl halides is 3. The lowest BCUT2D eigenvalue weighted by Gasteiger charge is -2.37. The number of aliphatic hydroxyl groups is 1. The number of halogens is 3. The number of methoxy groups -OCH3 is 1. The van der Waals surface area contributed by atoms with Crippen LogP contribution in [-0.4, -0.2) is 58.6 Å². The van der Waals surface area contributed by atoms with E-state index in [0.717, 1.165) is 65.2 Å². The fraction of sp³-hybridized carbons (Fsp3) is 0.448. The number of nitrogens with zero attached hydrogens (tertiary/aromatic N) is 2. The zero-order chi connectivity index (χ0) is 28.0. The van der Waals surface area contributed by atoms with Crippen molar-refractivity contribution in [2.75, 3.05) is 32.5 Å². The molecule has 39 heavy (non-hydrogen) atoms. The molecule has 0 aliphatic carbocycles. The van der Waals surface area contributed by atoms with Gasteiger partial charge in [-0.1, -0.05) is 0 Å². The summed E-state index contributed by atoms with van der Waals surface area (Å²) in [7, 11) is 1.59. The van der Waals surface area contributed by atoms with E-state index in [1.807, 2.05) is 18.2 Å². The third-order valence-corrected chi connectivity index (χ3v) is 8.48. The molecule has 0 spiro atoms. The first-order valence-electron chi connectivity index (χ1n) is 13.0. The van der Waals surface area contributed by atoms with Crippen molar-refractivity contribution in [2.45, 2.75) is 42.9 Å². The topological polar surface area (TPSA) is 82.9 Å². The molecule has 2 aromatic carbocycles. The van der Waals surface area contributed by atoms with Crippen molar-refractivity contribution < 1.29 is 32.9 Å². The van der Waals surface area contributed by atoms with E-state index < -0.39 is 29.7 Å². The maximum absolute atomic E-state index is 12.7. The highest BCUT2D eigenvalue weighted by atomic mass is 32.2. The fourth-order valence-corrected chi connectivity index (χ4v) is 6.04. The molecule has 3 atom stereocenters. The number of aromatic nitrogens is 1. The predicted octanol–water partition coefficient (Wildman–Crippen LogP) is 6.28. The van der Waals surface area contributed by atoms with Gasteiger partial charge >= 0.3 is 12.1 Å². The molecule has 4 rings (SSSR count). The molecular weight excluding hydrogens is 529 g/mol. The van der Waals surface area contributed by atoms with Crippen molar-refractivity contribution >= 4 is 28.6 Å². The number of fused-ring (bicyclic) bond motifs is 1. The highest BCUT2D eigenvalue weighted by molar-refractivity contribution is 7.99. The van der Waals surface area contributed by atoms with Gasteiger partial charge in [-0.05, 0) is 105 Å². The minimum absolute atomic E-state index is 0.0300. The van der Waals surface area contributed by atoms with Gasteiger partial charge in [-0.25, -0.2) is 0 Å². The number of hydrogen-bond donors (Lipinski definition) is 2. The molecule has 1 aliphatic heterocycles. The molecule has 1 saturated heterocycles. The summed E-state index contributed by atoms with van der Waals surface area (Å²) in [6, 6.07) is 12.5. The van der Waals surface area contributed by atoms with Crippen LogP contribution in [0.5, 0.6) is 5.75 Å². The zero-order valence-electron chi connectivity index (χ0n) is 21.7. The molecule has 2 N–H and O–H groups in total. The Morgan fingerprint density at radius 2 is 1.97 bits per heavy atom. The van der Waals surface area contributed by atoms with Crippen LogP contribution in [0.1, 0.15) is 42.9 Å². The normalized spacial score (nSPS) is 19.2. The fourth-order valence-electron chi connectivity index (χ4n) is 5.21. The minimum atomic E-state index is -4.34. The highest BCUT2D eigenvalue weighted by Gasteiger charge is 2.34. The number of carboxylic acid groups (broad SMARTS) is 1. The summed E-state index contributed by atoms with van der Waals surface area (Å²) in [5.41, 5.74) is 0.866. The van der Waals surface area contributed by atoms with Gasteiger partial charge in [0.25, 0.3) is 0 Å². The van der Waals surface area contributed by atoms with Gasteiger partial charge in [0.15, 0.2) is 0 Å². The summed E-state index contributed by atoms with van der Waals surface area (Å²) in [4.78, 5) is 19.4. The second-order valence-corrected chi connectivity index (χ2v) is 11.1. The molecule has 210 valence electrons. The molecule has 2 heterocycles. The molecule has 0 bridgehead atoms. The first-order chi connectivity index (χ1) is 18.7. The lowest BCUT2D eigenvalue weighted by atomic mass is 9.81. The SMILES string of the molecule is COc1ccc2nccc([C@@H](O)CC[C@@H]3CCN(CCCSc4ccc(C(F)(F)F)cc4)C[C@@H]3C(=O)O)c2c1. The average Bonchev–Trinajstić information content (AvgIpc) is 2.93. The minimum Gasteiger partial charge on any atom is -0.497 e. The van der Waals surface area contributed by atoms with Crippen LogP contribution >= 0.6 is 11.8 Å². The lowest BCUT2D eigenvalue weighted by molar-refractivity contribution is -0.146. The van der Waals surface area contributed by atoms with E-state index in [4.69, 9.17) is 4.74 Å². The number of carboxylic acids is 1. The molecule has 3 aromatic rings. The van der Waals surface area contributed by atoms with Gasteiger partial charge in [0.1, 0.15) is 5.75 Å². The van der Waals surface area contributed by atoms with Gasteiger partial charge in [0.05, 0.1) is 30.2 Å². The number of rotatable bonds is 11. The molecule has 0 unspecified atom stereocenters. The van der Waals surface area contributed by atoms with Crippen LogP contribution in [0.4, 0.5) is 13.2 Å². The van der Waals surface area contributed by atoms with E-state index >= 15 is 0 Å². The van der Waals surface area contributed by atoms with E-state index in [1.165, 1.54) is 23.9 Å². The van der Waals surface area contributed by atoms with E-state index in [9.17, 15) is 28.2 Å². The Labute approximate surface area is 230 Å². The van der Waals surface area contributed by atoms with E-state index in [2.05, 4.69) is 9.88 Å². The van der Waals surface area contributed by atoms with Crippen LogP contribution < -0.4 is 4.74 Å². The van der Waals surface area contributed by atoms with Crippen LogP contribution in [-0.2, 0) is 11.0 Å². The van der Waals surface area contributed by atoms with E-state index in [1.54, 1.807) is 19.4 Å². The molecule has 10 heteroatoms. The van der Waals surface area contributed by atoms with Crippen molar-refractivity contribution in [2.24, 2.45) is 11.8 Å².